The van der Waals surface area contributed by atoms with Gasteiger partial charge in [0.2, 0.25) is 11.9 Å². The predicted octanol–water partition coefficient (Wildman–Crippen LogP) is 1.72. The Kier molecular flexibility index (Phi) is 6.04. The molecule has 1 fully saturated rings. The van der Waals surface area contributed by atoms with Gasteiger partial charge in [0.25, 0.3) is 0 Å². The number of rotatable bonds is 7. The van der Waals surface area contributed by atoms with Crippen molar-refractivity contribution in [3.8, 4) is 11.5 Å². The van der Waals surface area contributed by atoms with Gasteiger partial charge in [-0.15, -0.1) is 0 Å². The maximum atomic E-state index is 12.7. The molecule has 3 N–H and O–H groups in total. The van der Waals surface area contributed by atoms with Crippen LogP contribution in [0.4, 0.5) is 5.95 Å². The van der Waals surface area contributed by atoms with Crippen LogP contribution in [0.3, 0.4) is 0 Å². The zero-order chi connectivity index (χ0) is 20.9. The maximum absolute atomic E-state index is 12.7. The smallest absolute Gasteiger partial charge is 0.238 e. The number of hydrogen-bond donors (Lipinski definition) is 3. The molecule has 1 aliphatic heterocycles. The molecule has 1 aliphatic rings. The number of nitrogens with one attached hydrogen (secondary N) is 3. The molecule has 0 saturated carbocycles. The number of ether oxygens (including phenoxy) is 2. The summed E-state index contributed by atoms with van der Waals surface area (Å²) < 4.78 is 10.6. The van der Waals surface area contributed by atoms with Gasteiger partial charge in [-0.3, -0.25) is 4.79 Å². The molecule has 1 atom stereocenters. The number of H-pyrrole nitrogens is 1. The van der Waals surface area contributed by atoms with Gasteiger partial charge >= 0.3 is 0 Å². The first-order valence-electron chi connectivity index (χ1n) is 10.1. The second-order valence-electron chi connectivity index (χ2n) is 7.29. The second kappa shape index (κ2) is 9.04. The minimum atomic E-state index is -0.285. The number of imidazole rings is 1. The van der Waals surface area contributed by atoms with E-state index in [1.165, 1.54) is 0 Å². The van der Waals surface area contributed by atoms with E-state index in [-0.39, 0.29) is 11.9 Å². The quantitative estimate of drug-likeness (QED) is 0.550. The van der Waals surface area contributed by atoms with Crippen molar-refractivity contribution in [3.63, 3.8) is 0 Å². The summed E-state index contributed by atoms with van der Waals surface area (Å²) >= 11 is 0. The number of amides is 1. The van der Waals surface area contributed by atoms with E-state index >= 15 is 0 Å². The monoisotopic (exact) mass is 409 g/mol. The van der Waals surface area contributed by atoms with Crippen LogP contribution in [0.25, 0.3) is 11.0 Å². The highest BCUT2D eigenvalue weighted by atomic mass is 16.5. The van der Waals surface area contributed by atoms with Crippen LogP contribution in [0.15, 0.2) is 42.5 Å². The van der Waals surface area contributed by atoms with Gasteiger partial charge in [0.15, 0.2) is 0 Å². The number of fused-ring (bicyclic) bond motifs is 1. The molecule has 0 bridgehead atoms. The van der Waals surface area contributed by atoms with Gasteiger partial charge in [0, 0.05) is 32.2 Å². The summed E-state index contributed by atoms with van der Waals surface area (Å²) in [7, 11) is 3.26. The largest absolute Gasteiger partial charge is 0.497 e. The highest BCUT2D eigenvalue weighted by Gasteiger charge is 2.26. The lowest BCUT2D eigenvalue weighted by Gasteiger charge is -2.32. The van der Waals surface area contributed by atoms with Gasteiger partial charge in [-0.2, -0.15) is 0 Å². The molecular formula is C22H27N5O3. The lowest BCUT2D eigenvalue weighted by molar-refractivity contribution is -0.123. The number of hydrogen-bond acceptors (Lipinski definition) is 6. The molecule has 1 amide bonds. The Balaban J connectivity index is 1.33. The van der Waals surface area contributed by atoms with Crippen molar-refractivity contribution in [2.75, 3.05) is 45.3 Å². The predicted molar refractivity (Wildman–Crippen MR) is 116 cm³/mol. The van der Waals surface area contributed by atoms with Crippen LogP contribution in [0, 0.1) is 0 Å². The third-order valence-electron chi connectivity index (χ3n) is 5.29. The highest BCUT2D eigenvalue weighted by Crippen LogP contribution is 2.22. The average Bonchev–Trinajstić information content (AvgIpc) is 3.23. The first-order chi connectivity index (χ1) is 14.7. The molecule has 2 heterocycles. The van der Waals surface area contributed by atoms with Gasteiger partial charge < -0.3 is 30.0 Å². The van der Waals surface area contributed by atoms with Crippen LogP contribution in [-0.4, -0.2) is 62.3 Å². The number of anilines is 1. The Morgan fingerprint density at radius 1 is 1.20 bits per heavy atom. The number of benzene rings is 2. The summed E-state index contributed by atoms with van der Waals surface area (Å²) in [6.07, 6.45) is 0.694. The van der Waals surface area contributed by atoms with Crippen molar-refractivity contribution >= 4 is 22.9 Å². The zero-order valence-electron chi connectivity index (χ0n) is 17.3. The highest BCUT2D eigenvalue weighted by molar-refractivity contribution is 5.83. The number of nitrogens with zero attached hydrogens (tertiary/aromatic N) is 2. The number of para-hydroxylation sites is 2. The molecule has 0 aliphatic carbocycles. The summed E-state index contributed by atoms with van der Waals surface area (Å²) in [6, 6.07) is 13.4. The standard InChI is InChI=1S/C22H27N5O3/c1-29-16-11-15(12-17(13-16)30-2)7-8-24-21(28)20-14-27(10-9-23-20)22-25-18-5-3-4-6-19(18)26-22/h3-6,11-13,20,23H,7-10,14H2,1-2H3,(H,24,28)(H,25,26). The summed E-state index contributed by atoms with van der Waals surface area (Å²) in [4.78, 5) is 22.8. The van der Waals surface area contributed by atoms with Crippen LogP contribution < -0.4 is 25.0 Å². The third-order valence-corrected chi connectivity index (χ3v) is 5.29. The minimum Gasteiger partial charge on any atom is -0.497 e. The fraction of sp³-hybridized carbons (Fsp3) is 0.364. The van der Waals surface area contributed by atoms with Gasteiger partial charge in [0.1, 0.15) is 17.5 Å². The first kappa shape index (κ1) is 20.0. The molecule has 4 rings (SSSR count). The van der Waals surface area contributed by atoms with E-state index in [0.29, 0.717) is 19.5 Å². The molecule has 0 radical (unpaired) electrons. The molecule has 2 aromatic carbocycles. The number of aromatic amines is 1. The summed E-state index contributed by atoms with van der Waals surface area (Å²) in [5, 5.41) is 6.34. The molecule has 1 aromatic heterocycles. The van der Waals surface area contributed by atoms with Crippen molar-refractivity contribution < 1.29 is 14.3 Å². The Morgan fingerprint density at radius 3 is 2.70 bits per heavy atom. The van der Waals surface area contributed by atoms with E-state index in [4.69, 9.17) is 9.47 Å². The van der Waals surface area contributed by atoms with Crippen LogP contribution in [0.1, 0.15) is 5.56 Å². The minimum absolute atomic E-state index is 0.00864. The summed E-state index contributed by atoms with van der Waals surface area (Å²) in [6.45, 7) is 2.63. The number of aromatic nitrogens is 2. The Bertz CT molecular complexity index is 964. The van der Waals surface area contributed by atoms with E-state index < -0.39 is 0 Å². The molecule has 0 spiro atoms. The van der Waals surface area contributed by atoms with Gasteiger partial charge in [-0.1, -0.05) is 12.1 Å². The topological polar surface area (TPSA) is 91.5 Å². The number of carbonyl (C=O) groups excluding carboxylic acids is 1. The van der Waals surface area contributed by atoms with Gasteiger partial charge in [0.05, 0.1) is 25.3 Å². The first-order valence-corrected chi connectivity index (χ1v) is 10.1. The maximum Gasteiger partial charge on any atom is 0.238 e. The average molecular weight is 409 g/mol. The van der Waals surface area contributed by atoms with E-state index in [1.54, 1.807) is 14.2 Å². The molecule has 8 heteroatoms. The van der Waals surface area contributed by atoms with Crippen LogP contribution in [-0.2, 0) is 11.2 Å². The van der Waals surface area contributed by atoms with Crippen LogP contribution in [0.2, 0.25) is 0 Å². The fourth-order valence-corrected chi connectivity index (χ4v) is 3.67. The number of methoxy groups -OCH3 is 2. The third kappa shape index (κ3) is 4.49. The second-order valence-corrected chi connectivity index (χ2v) is 7.29. The van der Waals surface area contributed by atoms with Crippen LogP contribution >= 0.6 is 0 Å². The lowest BCUT2D eigenvalue weighted by Crippen LogP contribution is -2.57. The van der Waals surface area contributed by atoms with Crippen LogP contribution in [0.5, 0.6) is 11.5 Å². The van der Waals surface area contributed by atoms with Crippen molar-refractivity contribution in [2.24, 2.45) is 0 Å². The molecule has 30 heavy (non-hydrogen) atoms. The Morgan fingerprint density at radius 2 is 1.97 bits per heavy atom. The van der Waals surface area contributed by atoms with E-state index in [9.17, 15) is 4.79 Å². The van der Waals surface area contributed by atoms with Gasteiger partial charge in [-0.25, -0.2) is 4.98 Å². The normalized spacial score (nSPS) is 16.5. The molecule has 1 saturated heterocycles. The van der Waals surface area contributed by atoms with E-state index in [1.807, 2.05) is 42.5 Å². The zero-order valence-corrected chi connectivity index (χ0v) is 17.3. The molecular weight excluding hydrogens is 382 g/mol. The van der Waals surface area contributed by atoms with E-state index in [0.717, 1.165) is 47.1 Å². The molecule has 1 unspecified atom stereocenters. The van der Waals surface area contributed by atoms with Crippen molar-refractivity contribution in [3.05, 3.63) is 48.0 Å². The molecule has 158 valence electrons. The number of carbonyl (C=O) groups is 1. The van der Waals surface area contributed by atoms with Crippen molar-refractivity contribution in [1.29, 1.82) is 0 Å². The van der Waals surface area contributed by atoms with Gasteiger partial charge in [-0.05, 0) is 36.2 Å². The molecule has 3 aromatic rings. The number of piperazine rings is 1. The van der Waals surface area contributed by atoms with Crippen molar-refractivity contribution in [1.82, 2.24) is 20.6 Å². The Labute approximate surface area is 175 Å². The Hall–Kier alpha value is -3.26. The summed E-state index contributed by atoms with van der Waals surface area (Å²) in [5.74, 6) is 2.28. The van der Waals surface area contributed by atoms with E-state index in [2.05, 4.69) is 25.5 Å². The molecule has 8 nitrogen and oxygen atoms in total. The summed E-state index contributed by atoms with van der Waals surface area (Å²) in [5.41, 5.74) is 2.98. The fourth-order valence-electron chi connectivity index (χ4n) is 3.67. The lowest BCUT2D eigenvalue weighted by atomic mass is 10.1. The SMILES string of the molecule is COc1cc(CCNC(=O)C2CN(c3nc4ccccc4[nH]3)CCN2)cc(OC)c1. The van der Waals surface area contributed by atoms with Crippen molar-refractivity contribution in [2.45, 2.75) is 12.5 Å².